The molecule has 2 N–H and O–H groups in total. The first kappa shape index (κ1) is 14.7. The highest BCUT2D eigenvalue weighted by atomic mass is 32.1. The SMILES string of the molecule is O=C(NC1CCCc2[nH]c(=O)ccc21)c1csc2c1CCCC2. The number of thiophene rings is 1. The fraction of sp³-hybridized carbons (Fsp3) is 0.444. The summed E-state index contributed by atoms with van der Waals surface area (Å²) in [5.74, 6) is 0.0356. The molecule has 5 heteroatoms. The van der Waals surface area contributed by atoms with Gasteiger partial charge in [0, 0.05) is 22.0 Å². The van der Waals surface area contributed by atoms with Crippen LogP contribution in [0.25, 0.3) is 0 Å². The van der Waals surface area contributed by atoms with E-state index in [9.17, 15) is 9.59 Å². The number of carbonyl (C=O) groups is 1. The van der Waals surface area contributed by atoms with E-state index in [1.54, 1.807) is 17.4 Å². The number of aryl methyl sites for hydroxylation is 2. The van der Waals surface area contributed by atoms with Crippen molar-refractivity contribution in [1.82, 2.24) is 10.3 Å². The highest BCUT2D eigenvalue weighted by Crippen LogP contribution is 2.32. The summed E-state index contributed by atoms with van der Waals surface area (Å²) in [7, 11) is 0. The lowest BCUT2D eigenvalue weighted by atomic mass is 9.90. The minimum absolute atomic E-state index is 0.00207. The van der Waals surface area contributed by atoms with Crippen molar-refractivity contribution < 1.29 is 4.79 Å². The Bertz CT molecular complexity index is 806. The molecule has 1 atom stereocenters. The molecule has 0 saturated heterocycles. The van der Waals surface area contributed by atoms with Crippen molar-refractivity contribution in [2.24, 2.45) is 0 Å². The van der Waals surface area contributed by atoms with Crippen LogP contribution in [0.4, 0.5) is 0 Å². The molecule has 120 valence electrons. The second-order valence-electron chi connectivity index (χ2n) is 6.43. The van der Waals surface area contributed by atoms with E-state index in [1.807, 2.05) is 11.4 Å². The Morgan fingerprint density at radius 1 is 1.17 bits per heavy atom. The first-order chi connectivity index (χ1) is 11.2. The quantitative estimate of drug-likeness (QED) is 0.890. The molecule has 1 unspecified atom stereocenters. The Balaban J connectivity index is 1.58. The van der Waals surface area contributed by atoms with Gasteiger partial charge in [0.25, 0.3) is 5.91 Å². The van der Waals surface area contributed by atoms with Gasteiger partial charge in [-0.25, -0.2) is 0 Å². The molecular formula is C18H20N2O2S. The van der Waals surface area contributed by atoms with Crippen LogP contribution in [0.3, 0.4) is 0 Å². The van der Waals surface area contributed by atoms with E-state index >= 15 is 0 Å². The fourth-order valence-electron chi connectivity index (χ4n) is 3.77. The average Bonchev–Trinajstić information content (AvgIpc) is 2.99. The summed E-state index contributed by atoms with van der Waals surface area (Å²) in [4.78, 5) is 28.5. The third-order valence-electron chi connectivity index (χ3n) is 4.94. The van der Waals surface area contributed by atoms with Crippen LogP contribution in [0.15, 0.2) is 22.3 Å². The summed E-state index contributed by atoms with van der Waals surface area (Å²) in [6.45, 7) is 0. The van der Waals surface area contributed by atoms with Gasteiger partial charge in [0.15, 0.2) is 0 Å². The van der Waals surface area contributed by atoms with Crippen molar-refractivity contribution in [3.05, 3.63) is 55.1 Å². The first-order valence-electron chi connectivity index (χ1n) is 8.34. The molecular weight excluding hydrogens is 308 g/mol. The maximum absolute atomic E-state index is 12.7. The van der Waals surface area contributed by atoms with Gasteiger partial charge in [-0.15, -0.1) is 11.3 Å². The van der Waals surface area contributed by atoms with E-state index in [4.69, 9.17) is 0 Å². The van der Waals surface area contributed by atoms with E-state index < -0.39 is 0 Å². The smallest absolute Gasteiger partial charge is 0.252 e. The Labute approximate surface area is 138 Å². The lowest BCUT2D eigenvalue weighted by Gasteiger charge is -2.26. The summed E-state index contributed by atoms with van der Waals surface area (Å²) in [6, 6.07) is 3.42. The largest absolute Gasteiger partial charge is 0.345 e. The van der Waals surface area contributed by atoms with Crippen LogP contribution >= 0.6 is 11.3 Å². The average molecular weight is 328 g/mol. The predicted octanol–water partition coefficient (Wildman–Crippen LogP) is 3.12. The molecule has 0 aromatic carbocycles. The molecule has 0 bridgehead atoms. The van der Waals surface area contributed by atoms with E-state index in [-0.39, 0.29) is 17.5 Å². The van der Waals surface area contributed by atoms with Crippen molar-refractivity contribution in [1.29, 1.82) is 0 Å². The number of aromatic amines is 1. The third kappa shape index (κ3) is 2.74. The Morgan fingerprint density at radius 3 is 2.96 bits per heavy atom. The van der Waals surface area contributed by atoms with Crippen LogP contribution in [-0.2, 0) is 19.3 Å². The maximum atomic E-state index is 12.7. The number of amides is 1. The summed E-state index contributed by atoms with van der Waals surface area (Å²) in [5, 5.41) is 5.21. The van der Waals surface area contributed by atoms with Crippen molar-refractivity contribution in [3.8, 4) is 0 Å². The molecule has 2 aliphatic rings. The van der Waals surface area contributed by atoms with Gasteiger partial charge in [0.1, 0.15) is 0 Å². The lowest BCUT2D eigenvalue weighted by molar-refractivity contribution is 0.0932. The molecule has 2 heterocycles. The van der Waals surface area contributed by atoms with Crippen LogP contribution in [0.2, 0.25) is 0 Å². The number of nitrogens with one attached hydrogen (secondary N) is 2. The van der Waals surface area contributed by atoms with Crippen molar-refractivity contribution in [2.45, 2.75) is 51.0 Å². The zero-order valence-corrected chi connectivity index (χ0v) is 13.8. The van der Waals surface area contributed by atoms with Crippen LogP contribution in [0, 0.1) is 0 Å². The van der Waals surface area contributed by atoms with Crippen LogP contribution in [-0.4, -0.2) is 10.9 Å². The van der Waals surface area contributed by atoms with Crippen LogP contribution in [0.5, 0.6) is 0 Å². The van der Waals surface area contributed by atoms with Crippen molar-refractivity contribution in [2.75, 3.05) is 0 Å². The summed E-state index contributed by atoms with van der Waals surface area (Å²) < 4.78 is 0. The van der Waals surface area contributed by atoms with Crippen molar-refractivity contribution >= 4 is 17.2 Å². The molecule has 2 aliphatic carbocycles. The second-order valence-corrected chi connectivity index (χ2v) is 7.40. The van der Waals surface area contributed by atoms with Gasteiger partial charge in [-0.1, -0.05) is 0 Å². The molecule has 4 rings (SSSR count). The van der Waals surface area contributed by atoms with Gasteiger partial charge in [0.2, 0.25) is 5.56 Å². The molecule has 1 amide bonds. The van der Waals surface area contributed by atoms with E-state index in [0.29, 0.717) is 0 Å². The number of hydrogen-bond acceptors (Lipinski definition) is 3. The third-order valence-corrected chi connectivity index (χ3v) is 6.03. The van der Waals surface area contributed by atoms with Gasteiger partial charge >= 0.3 is 0 Å². The van der Waals surface area contributed by atoms with Crippen molar-refractivity contribution in [3.63, 3.8) is 0 Å². The molecule has 0 saturated carbocycles. The predicted molar refractivity (Wildman–Crippen MR) is 91.2 cm³/mol. The lowest BCUT2D eigenvalue weighted by Crippen LogP contribution is -2.32. The maximum Gasteiger partial charge on any atom is 0.252 e. The Hall–Kier alpha value is -1.88. The zero-order chi connectivity index (χ0) is 15.8. The van der Waals surface area contributed by atoms with Gasteiger partial charge in [-0.3, -0.25) is 9.59 Å². The number of carbonyl (C=O) groups excluding carboxylic acids is 1. The minimum Gasteiger partial charge on any atom is -0.345 e. The molecule has 2 aromatic heterocycles. The molecule has 0 radical (unpaired) electrons. The van der Waals surface area contributed by atoms with Gasteiger partial charge in [-0.2, -0.15) is 0 Å². The standard InChI is InChI=1S/C18H20N2O2S/c21-17-9-8-12-14(19-17)5-3-6-15(12)20-18(22)13-10-23-16-7-2-1-4-11(13)16/h8-10,15H,1-7H2,(H,19,21)(H,20,22). The van der Waals surface area contributed by atoms with E-state index in [2.05, 4.69) is 10.3 Å². The molecule has 2 aromatic rings. The van der Waals surface area contributed by atoms with E-state index in [0.717, 1.165) is 48.9 Å². The van der Waals surface area contributed by atoms with E-state index in [1.165, 1.54) is 23.3 Å². The zero-order valence-electron chi connectivity index (χ0n) is 13.0. The number of H-pyrrole nitrogens is 1. The second kappa shape index (κ2) is 5.96. The normalized spacial score (nSPS) is 19.7. The molecule has 0 spiro atoms. The topological polar surface area (TPSA) is 62.0 Å². The number of aromatic nitrogens is 1. The summed E-state index contributed by atoms with van der Waals surface area (Å²) in [6.07, 6.45) is 7.34. The highest BCUT2D eigenvalue weighted by molar-refractivity contribution is 7.10. The van der Waals surface area contributed by atoms with Crippen LogP contribution in [0.1, 0.15) is 63.8 Å². The molecule has 4 nitrogen and oxygen atoms in total. The Kier molecular flexibility index (Phi) is 3.81. The fourth-order valence-corrected chi connectivity index (χ4v) is 4.90. The number of fused-ring (bicyclic) bond motifs is 2. The van der Waals surface area contributed by atoms with Crippen LogP contribution < -0.4 is 10.9 Å². The number of hydrogen-bond donors (Lipinski definition) is 2. The minimum atomic E-state index is -0.0670. The monoisotopic (exact) mass is 328 g/mol. The number of rotatable bonds is 2. The van der Waals surface area contributed by atoms with Gasteiger partial charge in [-0.05, 0) is 62.1 Å². The Morgan fingerprint density at radius 2 is 2.04 bits per heavy atom. The van der Waals surface area contributed by atoms with Gasteiger partial charge in [0.05, 0.1) is 11.6 Å². The van der Waals surface area contributed by atoms with Gasteiger partial charge < -0.3 is 10.3 Å². The first-order valence-corrected chi connectivity index (χ1v) is 9.22. The summed E-state index contributed by atoms with van der Waals surface area (Å²) in [5.41, 5.74) is 4.09. The molecule has 0 fully saturated rings. The highest BCUT2D eigenvalue weighted by Gasteiger charge is 2.25. The molecule has 23 heavy (non-hydrogen) atoms. The molecule has 0 aliphatic heterocycles. The summed E-state index contributed by atoms with van der Waals surface area (Å²) >= 11 is 1.72. The number of pyridine rings is 1.